The molecule has 27 heavy (non-hydrogen) atoms. The lowest BCUT2D eigenvalue weighted by Crippen LogP contribution is -2.30. The van der Waals surface area contributed by atoms with Gasteiger partial charge in [0.1, 0.15) is 5.82 Å². The molecule has 1 aliphatic rings. The van der Waals surface area contributed by atoms with Crippen molar-refractivity contribution in [2.24, 2.45) is 0 Å². The van der Waals surface area contributed by atoms with Gasteiger partial charge in [-0.15, -0.1) is 0 Å². The first-order valence-corrected chi connectivity index (χ1v) is 9.08. The van der Waals surface area contributed by atoms with Crippen molar-refractivity contribution in [1.29, 1.82) is 0 Å². The molecule has 0 amide bonds. The van der Waals surface area contributed by atoms with Gasteiger partial charge in [0.25, 0.3) is 5.56 Å². The Labute approximate surface area is 157 Å². The van der Waals surface area contributed by atoms with Crippen molar-refractivity contribution >= 4 is 16.6 Å². The van der Waals surface area contributed by atoms with Crippen molar-refractivity contribution in [2.45, 2.75) is 26.3 Å². The van der Waals surface area contributed by atoms with Gasteiger partial charge in [0.05, 0.1) is 31.7 Å². The lowest BCUT2D eigenvalue weighted by atomic mass is 9.99. The van der Waals surface area contributed by atoms with Crippen molar-refractivity contribution in [3.63, 3.8) is 0 Å². The minimum atomic E-state index is -0.169. The number of methoxy groups -OCH3 is 2. The van der Waals surface area contributed by atoms with Gasteiger partial charge < -0.3 is 19.4 Å². The molecule has 6 heteroatoms. The van der Waals surface area contributed by atoms with E-state index < -0.39 is 0 Å². The summed E-state index contributed by atoms with van der Waals surface area (Å²) in [5.41, 5.74) is 4.29. The summed E-state index contributed by atoms with van der Waals surface area (Å²) in [4.78, 5) is 22.5. The van der Waals surface area contributed by atoms with Crippen molar-refractivity contribution in [1.82, 2.24) is 9.97 Å². The highest BCUT2D eigenvalue weighted by Gasteiger charge is 2.19. The van der Waals surface area contributed by atoms with Gasteiger partial charge >= 0.3 is 0 Å². The minimum absolute atomic E-state index is 0.169. The van der Waals surface area contributed by atoms with E-state index in [1.54, 1.807) is 26.4 Å². The molecule has 1 N–H and O–H groups in total. The number of aromatic nitrogens is 2. The predicted molar refractivity (Wildman–Crippen MR) is 106 cm³/mol. The minimum Gasteiger partial charge on any atom is -0.493 e. The molecule has 4 rings (SSSR count). The second kappa shape index (κ2) is 6.95. The van der Waals surface area contributed by atoms with E-state index in [2.05, 4.69) is 40.0 Å². The first-order chi connectivity index (χ1) is 13.1. The van der Waals surface area contributed by atoms with Crippen molar-refractivity contribution in [2.75, 3.05) is 25.7 Å². The van der Waals surface area contributed by atoms with Crippen LogP contribution in [0.15, 0.2) is 35.1 Å². The number of nitrogens with zero attached hydrogens (tertiary/aromatic N) is 2. The number of aromatic amines is 1. The van der Waals surface area contributed by atoms with E-state index in [4.69, 9.17) is 9.47 Å². The molecule has 0 fully saturated rings. The largest absolute Gasteiger partial charge is 0.493 e. The van der Waals surface area contributed by atoms with E-state index in [9.17, 15) is 4.79 Å². The Bertz CT molecular complexity index is 1060. The van der Waals surface area contributed by atoms with E-state index in [-0.39, 0.29) is 5.56 Å². The summed E-state index contributed by atoms with van der Waals surface area (Å²) in [5.74, 6) is 1.73. The number of hydrogen-bond donors (Lipinski definition) is 1. The summed E-state index contributed by atoms with van der Waals surface area (Å²) in [6, 6.07) is 9.96. The van der Waals surface area contributed by atoms with E-state index in [0.717, 1.165) is 19.4 Å². The van der Waals surface area contributed by atoms with Crippen molar-refractivity contribution < 1.29 is 9.47 Å². The summed E-state index contributed by atoms with van der Waals surface area (Å²) < 4.78 is 10.6. The zero-order chi connectivity index (χ0) is 19.0. The quantitative estimate of drug-likeness (QED) is 0.769. The Hall–Kier alpha value is -3.02. The average Bonchev–Trinajstić information content (AvgIpc) is 2.67. The van der Waals surface area contributed by atoms with E-state index in [1.165, 1.54) is 16.8 Å². The first kappa shape index (κ1) is 17.4. The van der Waals surface area contributed by atoms with Crippen LogP contribution >= 0.6 is 0 Å². The fraction of sp³-hybridized carbons (Fsp3) is 0.333. The van der Waals surface area contributed by atoms with Gasteiger partial charge in [-0.2, -0.15) is 0 Å². The van der Waals surface area contributed by atoms with Crippen LogP contribution in [0.25, 0.3) is 10.9 Å². The zero-order valence-electron chi connectivity index (χ0n) is 15.8. The molecule has 0 bridgehead atoms. The normalized spacial score (nSPS) is 13.5. The van der Waals surface area contributed by atoms with Gasteiger partial charge in [0.2, 0.25) is 0 Å². The van der Waals surface area contributed by atoms with Crippen molar-refractivity contribution in [3.8, 4) is 11.5 Å². The molecule has 3 aromatic rings. The molecule has 0 unspecified atom stereocenters. The molecule has 0 saturated heterocycles. The highest BCUT2D eigenvalue weighted by molar-refractivity contribution is 5.81. The highest BCUT2D eigenvalue weighted by atomic mass is 16.5. The third-order valence-electron chi connectivity index (χ3n) is 5.05. The molecule has 0 spiro atoms. The van der Waals surface area contributed by atoms with Crippen LogP contribution in [-0.4, -0.2) is 30.7 Å². The van der Waals surface area contributed by atoms with Gasteiger partial charge in [0, 0.05) is 18.3 Å². The third kappa shape index (κ3) is 3.23. The Morgan fingerprint density at radius 2 is 1.93 bits per heavy atom. The number of nitrogens with one attached hydrogen (secondary N) is 1. The zero-order valence-corrected chi connectivity index (χ0v) is 15.8. The van der Waals surface area contributed by atoms with Gasteiger partial charge in [-0.25, -0.2) is 4.98 Å². The van der Waals surface area contributed by atoms with E-state index >= 15 is 0 Å². The molecule has 2 aromatic carbocycles. The second-order valence-corrected chi connectivity index (χ2v) is 6.89. The van der Waals surface area contributed by atoms with Crippen LogP contribution in [0.3, 0.4) is 0 Å². The van der Waals surface area contributed by atoms with Crippen LogP contribution in [0.1, 0.15) is 23.4 Å². The molecule has 6 nitrogen and oxygen atoms in total. The smallest absolute Gasteiger partial charge is 0.258 e. The van der Waals surface area contributed by atoms with Gasteiger partial charge in [-0.05, 0) is 37.5 Å². The van der Waals surface area contributed by atoms with E-state index in [1.807, 2.05) is 0 Å². The Morgan fingerprint density at radius 3 is 2.70 bits per heavy atom. The molecule has 2 heterocycles. The number of ether oxygens (including phenoxy) is 2. The molecule has 0 radical (unpaired) electrons. The SMILES string of the molecule is COc1cc2nc(CN3CCCc4cc(C)ccc43)[nH]c(=O)c2cc1OC. The summed E-state index contributed by atoms with van der Waals surface area (Å²) >= 11 is 0. The Balaban J connectivity index is 1.72. The van der Waals surface area contributed by atoms with Gasteiger partial charge in [-0.3, -0.25) is 4.79 Å². The first-order valence-electron chi connectivity index (χ1n) is 9.08. The lowest BCUT2D eigenvalue weighted by molar-refractivity contribution is 0.355. The lowest BCUT2D eigenvalue weighted by Gasteiger charge is -2.31. The number of aryl methyl sites for hydroxylation is 2. The summed E-state index contributed by atoms with van der Waals surface area (Å²) in [6.07, 6.45) is 2.19. The topological polar surface area (TPSA) is 67.5 Å². The number of benzene rings is 2. The summed E-state index contributed by atoms with van der Waals surface area (Å²) in [7, 11) is 3.12. The number of H-pyrrole nitrogens is 1. The number of anilines is 1. The number of rotatable bonds is 4. The van der Waals surface area contributed by atoms with Crippen LogP contribution in [0.4, 0.5) is 5.69 Å². The number of hydrogen-bond acceptors (Lipinski definition) is 5. The van der Waals surface area contributed by atoms with Crippen LogP contribution < -0.4 is 19.9 Å². The molecule has 1 aliphatic heterocycles. The second-order valence-electron chi connectivity index (χ2n) is 6.89. The fourth-order valence-corrected chi connectivity index (χ4v) is 3.74. The molecule has 0 aliphatic carbocycles. The Kier molecular flexibility index (Phi) is 4.48. The van der Waals surface area contributed by atoms with Crippen LogP contribution in [0.5, 0.6) is 11.5 Å². The molecule has 0 saturated carbocycles. The molecule has 0 atom stereocenters. The fourth-order valence-electron chi connectivity index (χ4n) is 3.74. The standard InChI is InChI=1S/C21H23N3O3/c1-13-6-7-17-14(9-13)5-4-8-24(17)12-20-22-16-11-19(27-3)18(26-2)10-15(16)21(25)23-20/h6-7,9-11H,4-5,8,12H2,1-3H3,(H,22,23,25). The predicted octanol–water partition coefficient (Wildman–Crippen LogP) is 3.20. The maximum absolute atomic E-state index is 12.6. The molecular formula is C21H23N3O3. The summed E-state index contributed by atoms with van der Waals surface area (Å²) in [5, 5.41) is 0.492. The summed E-state index contributed by atoms with van der Waals surface area (Å²) in [6.45, 7) is 3.63. The molecule has 1 aromatic heterocycles. The van der Waals surface area contributed by atoms with E-state index in [0.29, 0.717) is 34.8 Å². The third-order valence-corrected chi connectivity index (χ3v) is 5.05. The van der Waals surface area contributed by atoms with Crippen molar-refractivity contribution in [3.05, 3.63) is 57.6 Å². The highest BCUT2D eigenvalue weighted by Crippen LogP contribution is 2.31. The van der Waals surface area contributed by atoms with Crippen LogP contribution in [0, 0.1) is 6.92 Å². The average molecular weight is 365 g/mol. The molecular weight excluding hydrogens is 342 g/mol. The number of fused-ring (bicyclic) bond motifs is 2. The van der Waals surface area contributed by atoms with Gasteiger partial charge in [-0.1, -0.05) is 17.7 Å². The Morgan fingerprint density at radius 1 is 1.15 bits per heavy atom. The maximum atomic E-state index is 12.6. The molecule has 140 valence electrons. The monoisotopic (exact) mass is 365 g/mol. The van der Waals surface area contributed by atoms with Crippen LogP contribution in [-0.2, 0) is 13.0 Å². The maximum Gasteiger partial charge on any atom is 0.258 e. The van der Waals surface area contributed by atoms with Crippen LogP contribution in [0.2, 0.25) is 0 Å². The van der Waals surface area contributed by atoms with Gasteiger partial charge in [0.15, 0.2) is 11.5 Å².